The van der Waals surface area contributed by atoms with E-state index in [1.165, 1.54) is 18.2 Å². The maximum Gasteiger partial charge on any atom is 0.416 e. The molecule has 1 nitrogen and oxygen atoms in total. The molecule has 1 aromatic carbocycles. The monoisotopic (exact) mass is 252 g/mol. The van der Waals surface area contributed by atoms with E-state index in [1.807, 2.05) is 0 Å². The highest BCUT2D eigenvalue weighted by Gasteiger charge is 2.29. The van der Waals surface area contributed by atoms with E-state index in [1.54, 1.807) is 30.4 Å². The smallest absolute Gasteiger partial charge is 0.299 e. The van der Waals surface area contributed by atoms with Crippen molar-refractivity contribution in [2.45, 2.75) is 6.18 Å². The molecule has 0 atom stereocenters. The molecule has 0 saturated heterocycles. The quantitative estimate of drug-likeness (QED) is 0.449. The molecule has 1 aromatic rings. The zero-order valence-electron chi connectivity index (χ0n) is 9.39. The largest absolute Gasteiger partial charge is 0.416 e. The molecule has 0 fully saturated rings. The number of benzene rings is 1. The fourth-order valence-corrected chi connectivity index (χ4v) is 1.19. The molecule has 0 saturated carbocycles. The third kappa shape index (κ3) is 4.82. The van der Waals surface area contributed by atoms with Gasteiger partial charge in [-0.3, -0.25) is 4.79 Å². The molecule has 0 amide bonds. The van der Waals surface area contributed by atoms with Crippen LogP contribution < -0.4 is 0 Å². The molecule has 0 aliphatic rings. The first-order valence-corrected chi connectivity index (χ1v) is 5.16. The average Bonchev–Trinajstić information content (AvgIpc) is 2.33. The zero-order valence-corrected chi connectivity index (χ0v) is 9.39. The van der Waals surface area contributed by atoms with E-state index in [0.29, 0.717) is 11.8 Å². The molecule has 0 aliphatic carbocycles. The van der Waals surface area contributed by atoms with E-state index in [9.17, 15) is 18.0 Å². The van der Waals surface area contributed by atoms with Gasteiger partial charge in [-0.15, -0.1) is 0 Å². The van der Waals surface area contributed by atoms with E-state index >= 15 is 0 Å². The van der Waals surface area contributed by atoms with E-state index in [-0.39, 0.29) is 0 Å². The molecule has 0 spiro atoms. The molecule has 0 radical (unpaired) electrons. The fraction of sp³-hybridized carbons (Fsp3) is 0.0714. The summed E-state index contributed by atoms with van der Waals surface area (Å²) in [7, 11) is 0. The zero-order chi connectivity index (χ0) is 13.4. The lowest BCUT2D eigenvalue weighted by atomic mass is 10.1. The van der Waals surface area contributed by atoms with Crippen LogP contribution in [0, 0.1) is 0 Å². The standard InChI is InChI=1S/C14H11F3O/c15-14(16,17)13-9-7-12(8-10-13)6-4-2-1-3-5-11-18/h1-11H. The number of carbonyl (C=O) groups is 1. The Balaban J connectivity index is 2.64. The number of hydrogen-bond donors (Lipinski definition) is 0. The molecule has 0 bridgehead atoms. The number of rotatable bonds is 4. The SMILES string of the molecule is O=CC=CC=CC=Cc1ccc(C(F)(F)F)cc1. The number of allylic oxidation sites excluding steroid dienone is 5. The van der Waals surface area contributed by atoms with Gasteiger partial charge < -0.3 is 0 Å². The minimum atomic E-state index is -4.30. The van der Waals surface area contributed by atoms with Gasteiger partial charge in [0.25, 0.3) is 0 Å². The van der Waals surface area contributed by atoms with Gasteiger partial charge in [0.15, 0.2) is 0 Å². The van der Waals surface area contributed by atoms with Crippen LogP contribution in [0.1, 0.15) is 11.1 Å². The Morgan fingerprint density at radius 1 is 0.833 bits per heavy atom. The normalized spacial score (nSPS) is 12.8. The lowest BCUT2D eigenvalue weighted by Crippen LogP contribution is -2.03. The first-order chi connectivity index (χ1) is 8.54. The molecule has 0 aliphatic heterocycles. The van der Waals surface area contributed by atoms with Gasteiger partial charge in [0.2, 0.25) is 0 Å². The molecule has 18 heavy (non-hydrogen) atoms. The van der Waals surface area contributed by atoms with Crippen molar-refractivity contribution < 1.29 is 18.0 Å². The van der Waals surface area contributed by atoms with Gasteiger partial charge in [-0.25, -0.2) is 0 Å². The number of halogens is 3. The molecule has 0 N–H and O–H groups in total. The summed E-state index contributed by atoms with van der Waals surface area (Å²) in [5, 5.41) is 0. The summed E-state index contributed by atoms with van der Waals surface area (Å²) in [6.07, 6.45) is 5.92. The lowest BCUT2D eigenvalue weighted by Gasteiger charge is -2.05. The van der Waals surface area contributed by atoms with Gasteiger partial charge in [-0.1, -0.05) is 42.5 Å². The van der Waals surface area contributed by atoms with Gasteiger partial charge in [-0.05, 0) is 23.8 Å². The first kappa shape index (κ1) is 14.0. The maximum absolute atomic E-state index is 12.3. The molecule has 94 valence electrons. The highest BCUT2D eigenvalue weighted by atomic mass is 19.4. The van der Waals surface area contributed by atoms with E-state index in [2.05, 4.69) is 0 Å². The van der Waals surface area contributed by atoms with Gasteiger partial charge >= 0.3 is 6.18 Å². The second kappa shape index (κ2) is 6.59. The maximum atomic E-state index is 12.3. The average molecular weight is 252 g/mol. The fourth-order valence-electron chi connectivity index (χ4n) is 1.19. The summed E-state index contributed by atoms with van der Waals surface area (Å²) < 4.78 is 36.8. The Hall–Kier alpha value is -2.10. The Kier molecular flexibility index (Phi) is 5.11. The highest BCUT2D eigenvalue weighted by molar-refractivity contribution is 5.65. The van der Waals surface area contributed by atoms with Crippen LogP contribution in [0.25, 0.3) is 6.08 Å². The second-order valence-electron chi connectivity index (χ2n) is 3.38. The number of carbonyl (C=O) groups excluding carboxylic acids is 1. The molecule has 4 heteroatoms. The van der Waals surface area contributed by atoms with E-state index in [4.69, 9.17) is 0 Å². The van der Waals surface area contributed by atoms with Crippen LogP contribution in [0.3, 0.4) is 0 Å². The van der Waals surface area contributed by atoms with E-state index in [0.717, 1.165) is 12.1 Å². The summed E-state index contributed by atoms with van der Waals surface area (Å²) in [5.74, 6) is 0. The number of aldehydes is 1. The van der Waals surface area contributed by atoms with Crippen LogP contribution in [0.2, 0.25) is 0 Å². The van der Waals surface area contributed by atoms with Crippen LogP contribution in [0.4, 0.5) is 13.2 Å². The van der Waals surface area contributed by atoms with Crippen molar-refractivity contribution in [2.75, 3.05) is 0 Å². The third-order valence-electron chi connectivity index (χ3n) is 2.05. The summed E-state index contributed by atoms with van der Waals surface area (Å²) >= 11 is 0. The van der Waals surface area contributed by atoms with Gasteiger partial charge in [0.1, 0.15) is 6.29 Å². The highest BCUT2D eigenvalue weighted by Crippen LogP contribution is 2.29. The van der Waals surface area contributed by atoms with Crippen molar-refractivity contribution in [2.24, 2.45) is 0 Å². The van der Waals surface area contributed by atoms with Crippen molar-refractivity contribution >= 4 is 12.4 Å². The lowest BCUT2D eigenvalue weighted by molar-refractivity contribution is -0.137. The minimum Gasteiger partial charge on any atom is -0.299 e. The van der Waals surface area contributed by atoms with Crippen LogP contribution >= 0.6 is 0 Å². The van der Waals surface area contributed by atoms with E-state index < -0.39 is 11.7 Å². The predicted molar refractivity (Wildman–Crippen MR) is 64.8 cm³/mol. The van der Waals surface area contributed by atoms with Crippen molar-refractivity contribution in [1.29, 1.82) is 0 Å². The summed E-state index contributed by atoms with van der Waals surface area (Å²) in [6.45, 7) is 0. The van der Waals surface area contributed by atoms with Gasteiger partial charge in [-0.2, -0.15) is 13.2 Å². The van der Waals surface area contributed by atoms with Crippen LogP contribution in [0.5, 0.6) is 0 Å². The summed E-state index contributed by atoms with van der Waals surface area (Å²) in [6, 6.07) is 4.87. The first-order valence-electron chi connectivity index (χ1n) is 5.16. The van der Waals surface area contributed by atoms with Crippen LogP contribution in [-0.2, 0) is 11.0 Å². The van der Waals surface area contributed by atoms with Crippen molar-refractivity contribution in [3.8, 4) is 0 Å². The number of alkyl halides is 3. The summed E-state index contributed by atoms with van der Waals surface area (Å²) in [5.41, 5.74) is 0.0103. The van der Waals surface area contributed by atoms with Gasteiger partial charge in [0, 0.05) is 0 Å². The predicted octanol–water partition coefficient (Wildman–Crippen LogP) is 4.03. The topological polar surface area (TPSA) is 17.1 Å². The number of hydrogen-bond acceptors (Lipinski definition) is 1. The van der Waals surface area contributed by atoms with Gasteiger partial charge in [0.05, 0.1) is 5.56 Å². The molecular formula is C14H11F3O. The third-order valence-corrected chi connectivity index (χ3v) is 2.05. The Morgan fingerprint density at radius 2 is 1.39 bits per heavy atom. The molecule has 0 unspecified atom stereocenters. The Bertz CT molecular complexity index is 465. The molecule has 0 heterocycles. The minimum absolute atomic E-state index is 0.657. The van der Waals surface area contributed by atoms with Crippen LogP contribution in [0.15, 0.2) is 54.6 Å². The molecule has 0 aromatic heterocycles. The summed E-state index contributed by atoms with van der Waals surface area (Å²) in [4.78, 5) is 9.94. The second-order valence-corrected chi connectivity index (χ2v) is 3.38. The molecular weight excluding hydrogens is 241 g/mol. The van der Waals surface area contributed by atoms with Crippen LogP contribution in [-0.4, -0.2) is 6.29 Å². The Morgan fingerprint density at radius 3 is 1.94 bits per heavy atom. The van der Waals surface area contributed by atoms with Crippen molar-refractivity contribution in [3.63, 3.8) is 0 Å². The van der Waals surface area contributed by atoms with Crippen molar-refractivity contribution in [3.05, 3.63) is 65.8 Å². The van der Waals surface area contributed by atoms with Crippen molar-refractivity contribution in [1.82, 2.24) is 0 Å². The molecule has 1 rings (SSSR count). The Labute approximate surface area is 103 Å².